The minimum absolute atomic E-state index is 0.307. The normalized spacial score (nSPS) is 12.6. The first-order chi connectivity index (χ1) is 11.9. The highest BCUT2D eigenvalue weighted by Gasteiger charge is 2.18. The molecule has 0 saturated heterocycles. The molecular weight excluding hydrogens is 346 g/mol. The standard InChI is InChI=1S/C19H17ClF2N2O/c1-12(17-9-15(21)6-7-18(17)22)24(2)10-16-11-25-19(23-16)13-4-3-5-14(20)8-13/h3-9,11-12H,10H2,1-2H3. The lowest BCUT2D eigenvalue weighted by Gasteiger charge is -2.24. The number of hydrogen-bond acceptors (Lipinski definition) is 3. The molecule has 0 saturated carbocycles. The Morgan fingerprint density at radius 1 is 1.20 bits per heavy atom. The number of benzene rings is 2. The minimum Gasteiger partial charge on any atom is -0.444 e. The van der Waals surface area contributed by atoms with E-state index in [1.54, 1.807) is 18.4 Å². The molecular formula is C19H17ClF2N2O. The van der Waals surface area contributed by atoms with Gasteiger partial charge in [-0.15, -0.1) is 0 Å². The van der Waals surface area contributed by atoms with Gasteiger partial charge in [0.05, 0.1) is 5.69 Å². The number of hydrogen-bond donors (Lipinski definition) is 0. The first-order valence-electron chi connectivity index (χ1n) is 7.79. The van der Waals surface area contributed by atoms with Crippen LogP contribution >= 0.6 is 11.6 Å². The van der Waals surface area contributed by atoms with Gasteiger partial charge in [0, 0.05) is 28.7 Å². The molecule has 0 aliphatic rings. The molecule has 3 rings (SSSR count). The lowest BCUT2D eigenvalue weighted by Crippen LogP contribution is -2.23. The largest absolute Gasteiger partial charge is 0.444 e. The molecule has 2 aromatic carbocycles. The Labute approximate surface area is 149 Å². The van der Waals surface area contributed by atoms with Gasteiger partial charge < -0.3 is 4.42 Å². The zero-order valence-electron chi connectivity index (χ0n) is 13.8. The van der Waals surface area contributed by atoms with Crippen molar-refractivity contribution in [2.75, 3.05) is 7.05 Å². The third kappa shape index (κ3) is 4.06. The molecule has 3 nitrogen and oxygen atoms in total. The van der Waals surface area contributed by atoms with Crippen molar-refractivity contribution in [1.82, 2.24) is 9.88 Å². The van der Waals surface area contributed by atoms with E-state index in [1.165, 1.54) is 6.07 Å². The summed E-state index contributed by atoms with van der Waals surface area (Å²) in [5, 5.41) is 0.601. The van der Waals surface area contributed by atoms with Crippen molar-refractivity contribution in [3.8, 4) is 11.5 Å². The topological polar surface area (TPSA) is 29.3 Å². The van der Waals surface area contributed by atoms with Gasteiger partial charge in [-0.1, -0.05) is 17.7 Å². The van der Waals surface area contributed by atoms with Gasteiger partial charge in [0.1, 0.15) is 17.9 Å². The van der Waals surface area contributed by atoms with Crippen LogP contribution in [0.1, 0.15) is 24.2 Å². The lowest BCUT2D eigenvalue weighted by molar-refractivity contribution is 0.244. The van der Waals surface area contributed by atoms with Crippen LogP contribution in [0, 0.1) is 11.6 Å². The molecule has 0 aliphatic carbocycles. The van der Waals surface area contributed by atoms with E-state index in [1.807, 2.05) is 31.0 Å². The predicted molar refractivity (Wildman–Crippen MR) is 93.2 cm³/mol. The van der Waals surface area contributed by atoms with Crippen molar-refractivity contribution in [1.29, 1.82) is 0 Å². The fraction of sp³-hybridized carbons (Fsp3) is 0.211. The van der Waals surface area contributed by atoms with E-state index in [0.717, 1.165) is 17.7 Å². The molecule has 25 heavy (non-hydrogen) atoms. The maximum Gasteiger partial charge on any atom is 0.226 e. The summed E-state index contributed by atoms with van der Waals surface area (Å²) in [6.45, 7) is 2.25. The summed E-state index contributed by atoms with van der Waals surface area (Å²) in [6.07, 6.45) is 1.56. The van der Waals surface area contributed by atoms with E-state index >= 15 is 0 Å². The van der Waals surface area contributed by atoms with Gasteiger partial charge in [-0.2, -0.15) is 0 Å². The van der Waals surface area contributed by atoms with Crippen LogP contribution in [0.15, 0.2) is 53.1 Å². The van der Waals surface area contributed by atoms with Gasteiger partial charge in [0.15, 0.2) is 0 Å². The van der Waals surface area contributed by atoms with Crippen LogP contribution in [0.2, 0.25) is 5.02 Å². The van der Waals surface area contributed by atoms with Gasteiger partial charge in [-0.25, -0.2) is 13.8 Å². The number of oxazole rings is 1. The average molecular weight is 363 g/mol. The SMILES string of the molecule is CC(c1cc(F)ccc1F)N(C)Cc1coc(-c2cccc(Cl)c2)n1. The second kappa shape index (κ2) is 7.33. The molecule has 6 heteroatoms. The van der Waals surface area contributed by atoms with Gasteiger partial charge in [0.25, 0.3) is 0 Å². The van der Waals surface area contributed by atoms with Crippen molar-refractivity contribution in [3.05, 3.63) is 76.6 Å². The molecule has 1 atom stereocenters. The molecule has 1 unspecified atom stereocenters. The van der Waals surface area contributed by atoms with Gasteiger partial charge in [0.2, 0.25) is 5.89 Å². The second-order valence-electron chi connectivity index (χ2n) is 5.91. The predicted octanol–water partition coefficient (Wildman–Crippen LogP) is 5.47. The van der Waals surface area contributed by atoms with Crippen molar-refractivity contribution in [3.63, 3.8) is 0 Å². The van der Waals surface area contributed by atoms with Gasteiger partial charge in [-0.3, -0.25) is 4.90 Å². The first-order valence-corrected chi connectivity index (χ1v) is 8.17. The summed E-state index contributed by atoms with van der Waals surface area (Å²) in [7, 11) is 1.82. The van der Waals surface area contributed by atoms with E-state index in [4.69, 9.17) is 16.0 Å². The van der Waals surface area contributed by atoms with E-state index in [2.05, 4.69) is 4.98 Å². The van der Waals surface area contributed by atoms with Gasteiger partial charge in [-0.05, 0) is 50.4 Å². The average Bonchev–Trinajstić information content (AvgIpc) is 3.05. The molecule has 0 fully saturated rings. The van der Waals surface area contributed by atoms with Crippen LogP contribution in [0.3, 0.4) is 0 Å². The first kappa shape index (κ1) is 17.6. The van der Waals surface area contributed by atoms with Crippen LogP contribution in [0.25, 0.3) is 11.5 Å². The Morgan fingerprint density at radius 3 is 2.76 bits per heavy atom. The minimum atomic E-state index is -0.457. The fourth-order valence-corrected chi connectivity index (χ4v) is 2.79. The highest BCUT2D eigenvalue weighted by Crippen LogP contribution is 2.26. The zero-order chi connectivity index (χ0) is 18.0. The van der Waals surface area contributed by atoms with Crippen LogP contribution in [-0.2, 0) is 6.54 Å². The third-order valence-corrected chi connectivity index (χ3v) is 4.34. The number of aromatic nitrogens is 1. The summed E-state index contributed by atoms with van der Waals surface area (Å²) < 4.78 is 32.8. The molecule has 1 aromatic heterocycles. The van der Waals surface area contributed by atoms with Crippen molar-refractivity contribution >= 4 is 11.6 Å². The molecule has 0 N–H and O–H groups in total. The fourth-order valence-electron chi connectivity index (χ4n) is 2.60. The van der Waals surface area contributed by atoms with Crippen LogP contribution in [-0.4, -0.2) is 16.9 Å². The monoisotopic (exact) mass is 362 g/mol. The van der Waals surface area contributed by atoms with E-state index in [9.17, 15) is 8.78 Å². The molecule has 0 amide bonds. The summed E-state index contributed by atoms with van der Waals surface area (Å²) in [6, 6.07) is 10.4. The lowest BCUT2D eigenvalue weighted by atomic mass is 10.1. The summed E-state index contributed by atoms with van der Waals surface area (Å²) in [5.41, 5.74) is 1.79. The van der Waals surface area contributed by atoms with Crippen LogP contribution in [0.4, 0.5) is 8.78 Å². The van der Waals surface area contributed by atoms with E-state index < -0.39 is 11.6 Å². The Bertz CT molecular complexity index is 881. The Kier molecular flexibility index (Phi) is 5.16. The zero-order valence-corrected chi connectivity index (χ0v) is 14.6. The van der Waals surface area contributed by atoms with Crippen LogP contribution in [0.5, 0.6) is 0 Å². The maximum absolute atomic E-state index is 13.9. The molecule has 1 heterocycles. The molecule has 0 bridgehead atoms. The molecule has 130 valence electrons. The van der Waals surface area contributed by atoms with Gasteiger partial charge >= 0.3 is 0 Å². The number of nitrogens with zero attached hydrogens (tertiary/aromatic N) is 2. The number of halogens is 3. The van der Waals surface area contributed by atoms with E-state index in [-0.39, 0.29) is 6.04 Å². The number of rotatable bonds is 5. The summed E-state index contributed by atoms with van der Waals surface area (Å²) >= 11 is 5.98. The highest BCUT2D eigenvalue weighted by molar-refractivity contribution is 6.30. The Balaban J connectivity index is 1.75. The maximum atomic E-state index is 13.9. The molecule has 0 aliphatic heterocycles. The van der Waals surface area contributed by atoms with Crippen molar-refractivity contribution in [2.45, 2.75) is 19.5 Å². The highest BCUT2D eigenvalue weighted by atomic mass is 35.5. The second-order valence-corrected chi connectivity index (χ2v) is 6.35. The van der Waals surface area contributed by atoms with Crippen LogP contribution < -0.4 is 0 Å². The molecule has 0 spiro atoms. The Morgan fingerprint density at radius 2 is 2.00 bits per heavy atom. The molecule has 0 radical (unpaired) electrons. The van der Waals surface area contributed by atoms with Crippen molar-refractivity contribution < 1.29 is 13.2 Å². The van der Waals surface area contributed by atoms with E-state index in [0.29, 0.717) is 28.7 Å². The quantitative estimate of drug-likeness (QED) is 0.603. The summed E-state index contributed by atoms with van der Waals surface area (Å²) in [5.74, 6) is -0.419. The Hall–Kier alpha value is -2.24. The van der Waals surface area contributed by atoms with Crippen molar-refractivity contribution in [2.24, 2.45) is 0 Å². The molecule has 3 aromatic rings. The summed E-state index contributed by atoms with van der Waals surface area (Å²) in [4.78, 5) is 6.32. The third-order valence-electron chi connectivity index (χ3n) is 4.10. The smallest absolute Gasteiger partial charge is 0.226 e.